The van der Waals surface area contributed by atoms with E-state index in [2.05, 4.69) is 15.8 Å². The lowest BCUT2D eigenvalue weighted by Crippen LogP contribution is -2.46. The second kappa shape index (κ2) is 10.7. The molecule has 3 rings (SSSR count). The molecule has 2 amide bonds. The van der Waals surface area contributed by atoms with Gasteiger partial charge in [0.2, 0.25) is 5.78 Å². The van der Waals surface area contributed by atoms with Crippen LogP contribution in [0.2, 0.25) is 0 Å². The van der Waals surface area contributed by atoms with Gasteiger partial charge in [-0.1, -0.05) is 49.3 Å². The zero-order valence-electron chi connectivity index (χ0n) is 18.1. The average molecular weight is 441 g/mol. The molecule has 0 radical (unpaired) electrons. The predicted molar refractivity (Wildman–Crippen MR) is 113 cm³/mol. The number of rotatable bonds is 7. The highest BCUT2D eigenvalue weighted by Gasteiger charge is 2.34. The Morgan fingerprint density at radius 3 is 2.72 bits per heavy atom. The molecule has 9 heteroatoms. The van der Waals surface area contributed by atoms with Crippen LogP contribution in [-0.4, -0.2) is 41.3 Å². The minimum absolute atomic E-state index is 0.0726. The van der Waals surface area contributed by atoms with Gasteiger partial charge in [-0.15, -0.1) is 0 Å². The van der Waals surface area contributed by atoms with Gasteiger partial charge in [0.1, 0.15) is 12.4 Å². The lowest BCUT2D eigenvalue weighted by atomic mass is 9.86. The smallest absolute Gasteiger partial charge is 0.408 e. The molecule has 1 aliphatic rings. The quantitative estimate of drug-likeness (QED) is 0.629. The van der Waals surface area contributed by atoms with E-state index in [0.717, 1.165) is 5.56 Å². The van der Waals surface area contributed by atoms with Crippen molar-refractivity contribution in [2.75, 3.05) is 6.54 Å². The van der Waals surface area contributed by atoms with Crippen LogP contribution >= 0.6 is 0 Å². The Hall–Kier alpha value is -3.49. The van der Waals surface area contributed by atoms with Gasteiger partial charge in [-0.2, -0.15) is 0 Å². The maximum atomic E-state index is 13.1. The molecule has 2 aromatic rings. The molecule has 2 unspecified atom stereocenters. The zero-order valence-corrected chi connectivity index (χ0v) is 18.1. The first-order chi connectivity index (χ1) is 15.3. The summed E-state index contributed by atoms with van der Waals surface area (Å²) < 4.78 is 10.4. The fourth-order valence-electron chi connectivity index (χ4n) is 3.62. The second-order valence-electron chi connectivity index (χ2n) is 8.14. The number of ketones is 2. The third-order valence-corrected chi connectivity index (χ3v) is 5.38. The number of fused-ring (bicyclic) bond motifs is 1. The minimum Gasteiger partial charge on any atom is -0.445 e. The molecular weight excluding hydrogens is 414 g/mol. The number of alkyl carbamates (subject to hydrolysis) is 1. The monoisotopic (exact) mass is 441 g/mol. The van der Waals surface area contributed by atoms with E-state index in [0.29, 0.717) is 17.7 Å². The number of ether oxygens (including phenoxy) is 1. The van der Waals surface area contributed by atoms with Crippen LogP contribution in [0, 0.1) is 11.8 Å². The summed E-state index contributed by atoms with van der Waals surface area (Å²) in [6.07, 6.45) is 1.17. The first kappa shape index (κ1) is 23.2. The maximum Gasteiger partial charge on any atom is 0.408 e. The molecule has 0 saturated carbocycles. The third kappa shape index (κ3) is 6.03. The molecule has 0 bridgehead atoms. The zero-order chi connectivity index (χ0) is 23.1. The van der Waals surface area contributed by atoms with Crippen LogP contribution in [0.5, 0.6) is 0 Å². The second-order valence-corrected chi connectivity index (χ2v) is 8.14. The number of aromatic nitrogens is 1. The molecule has 1 aromatic carbocycles. The third-order valence-electron chi connectivity index (χ3n) is 5.38. The van der Waals surface area contributed by atoms with E-state index in [4.69, 9.17) is 9.26 Å². The summed E-state index contributed by atoms with van der Waals surface area (Å²) in [5, 5.41) is 8.92. The number of carbonyl (C=O) groups is 4. The highest BCUT2D eigenvalue weighted by molar-refractivity contribution is 6.37. The van der Waals surface area contributed by atoms with Gasteiger partial charge in [-0.25, -0.2) is 4.79 Å². The van der Waals surface area contributed by atoms with Crippen LogP contribution in [-0.2, 0) is 38.6 Å². The molecule has 2 atom stereocenters. The summed E-state index contributed by atoms with van der Waals surface area (Å²) in [6, 6.07) is 8.32. The fraction of sp³-hybridized carbons (Fsp3) is 0.435. The maximum absolute atomic E-state index is 13.1. The lowest BCUT2D eigenvalue weighted by Gasteiger charge is -2.23. The molecule has 0 saturated heterocycles. The average Bonchev–Trinajstić information content (AvgIpc) is 3.22. The molecule has 170 valence electrons. The lowest BCUT2D eigenvalue weighted by molar-refractivity contribution is -0.141. The van der Waals surface area contributed by atoms with E-state index >= 15 is 0 Å². The molecule has 0 aliphatic carbocycles. The number of hydrogen-bond donors (Lipinski definition) is 2. The molecular formula is C23H27N3O6. The van der Waals surface area contributed by atoms with E-state index < -0.39 is 29.7 Å². The van der Waals surface area contributed by atoms with Crippen LogP contribution < -0.4 is 10.6 Å². The van der Waals surface area contributed by atoms with Crippen molar-refractivity contribution < 1.29 is 28.4 Å². The van der Waals surface area contributed by atoms with Crippen molar-refractivity contribution in [1.82, 2.24) is 15.8 Å². The van der Waals surface area contributed by atoms with Crippen molar-refractivity contribution in [3.05, 3.63) is 53.4 Å². The van der Waals surface area contributed by atoms with Crippen molar-refractivity contribution in [2.45, 2.75) is 45.8 Å². The van der Waals surface area contributed by atoms with Gasteiger partial charge in [-0.05, 0) is 17.9 Å². The summed E-state index contributed by atoms with van der Waals surface area (Å²) in [5.74, 6) is -2.26. The van der Waals surface area contributed by atoms with Crippen molar-refractivity contribution >= 4 is 23.6 Å². The summed E-state index contributed by atoms with van der Waals surface area (Å²) >= 11 is 0. The van der Waals surface area contributed by atoms with Crippen molar-refractivity contribution in [3.8, 4) is 0 Å². The minimum atomic E-state index is -0.873. The molecule has 0 fully saturated rings. The van der Waals surface area contributed by atoms with Crippen LogP contribution in [0.4, 0.5) is 4.79 Å². The summed E-state index contributed by atoms with van der Waals surface area (Å²) in [4.78, 5) is 50.2. The highest BCUT2D eigenvalue weighted by atomic mass is 16.5. The first-order valence-corrected chi connectivity index (χ1v) is 10.6. The number of carbonyl (C=O) groups excluding carboxylic acids is 4. The van der Waals surface area contributed by atoms with Gasteiger partial charge in [0, 0.05) is 30.9 Å². The SMILES string of the molecule is CC(C)C(NC(=O)OCc1ccccc1)C(=O)CC1Cc2cnoc2CCNC(=O)C1=O. The standard InChI is InChI=1S/C23H27N3O6/c1-14(2)20(26-23(30)31-13-15-6-4-3-5-7-15)18(27)11-16-10-17-12-25-32-19(17)8-9-24-22(29)21(16)28/h3-7,12,14,16,20H,8-11,13H2,1-2H3,(H,24,29)(H,26,30). The van der Waals surface area contributed by atoms with Crippen LogP contribution in [0.25, 0.3) is 0 Å². The molecule has 1 aliphatic heterocycles. The number of Topliss-reactive ketones (excluding diaryl/α,β-unsaturated/α-hetero) is 2. The van der Waals surface area contributed by atoms with E-state index in [1.165, 1.54) is 6.20 Å². The molecule has 9 nitrogen and oxygen atoms in total. The normalized spacial score (nSPS) is 17.4. The van der Waals surface area contributed by atoms with Gasteiger partial charge in [0.05, 0.1) is 12.2 Å². The number of nitrogens with zero attached hydrogens (tertiary/aromatic N) is 1. The topological polar surface area (TPSA) is 128 Å². The Kier molecular flexibility index (Phi) is 7.75. The largest absolute Gasteiger partial charge is 0.445 e. The van der Waals surface area contributed by atoms with E-state index in [-0.39, 0.29) is 37.7 Å². The highest BCUT2D eigenvalue weighted by Crippen LogP contribution is 2.21. The Morgan fingerprint density at radius 2 is 2.00 bits per heavy atom. The summed E-state index contributed by atoms with van der Waals surface area (Å²) in [5.41, 5.74) is 1.52. The number of amides is 2. The Balaban J connectivity index is 1.66. The van der Waals surface area contributed by atoms with Gasteiger partial charge >= 0.3 is 6.09 Å². The van der Waals surface area contributed by atoms with Crippen LogP contribution in [0.1, 0.15) is 37.2 Å². The molecule has 32 heavy (non-hydrogen) atoms. The Bertz CT molecular complexity index is 969. The number of hydrogen-bond acceptors (Lipinski definition) is 7. The van der Waals surface area contributed by atoms with Gasteiger partial charge in [0.25, 0.3) is 5.91 Å². The molecule has 1 aromatic heterocycles. The first-order valence-electron chi connectivity index (χ1n) is 10.6. The van der Waals surface area contributed by atoms with E-state index in [1.807, 2.05) is 30.3 Å². The van der Waals surface area contributed by atoms with Crippen molar-refractivity contribution in [1.29, 1.82) is 0 Å². The van der Waals surface area contributed by atoms with Gasteiger partial charge in [0.15, 0.2) is 5.78 Å². The summed E-state index contributed by atoms with van der Waals surface area (Å²) in [6.45, 7) is 3.89. The Labute approximate surface area is 185 Å². The Morgan fingerprint density at radius 1 is 1.25 bits per heavy atom. The molecule has 0 spiro atoms. The molecule has 2 N–H and O–H groups in total. The van der Waals surface area contributed by atoms with Crippen LogP contribution in [0.15, 0.2) is 41.1 Å². The van der Waals surface area contributed by atoms with Gasteiger partial charge in [-0.3, -0.25) is 14.4 Å². The van der Waals surface area contributed by atoms with Gasteiger partial charge < -0.3 is 19.9 Å². The number of benzene rings is 1. The predicted octanol–water partition coefficient (Wildman–Crippen LogP) is 1.98. The fourth-order valence-corrected chi connectivity index (χ4v) is 3.62. The number of nitrogens with one attached hydrogen (secondary N) is 2. The summed E-state index contributed by atoms with van der Waals surface area (Å²) in [7, 11) is 0. The van der Waals surface area contributed by atoms with E-state index in [9.17, 15) is 19.2 Å². The van der Waals surface area contributed by atoms with E-state index in [1.54, 1.807) is 13.8 Å². The van der Waals surface area contributed by atoms with Crippen molar-refractivity contribution in [2.24, 2.45) is 11.8 Å². The van der Waals surface area contributed by atoms with Crippen molar-refractivity contribution in [3.63, 3.8) is 0 Å². The molecule has 2 heterocycles. The van der Waals surface area contributed by atoms with Crippen LogP contribution in [0.3, 0.4) is 0 Å².